The summed E-state index contributed by atoms with van der Waals surface area (Å²) in [5.74, 6) is 0.101. The fraction of sp³-hybridized carbons (Fsp3) is 0.467. The standard InChI is InChI=1S/C15H19N5O2/c1-8(2)9(3)18-13(21)5-12-10(4)19-14-11(6-16)7-17-20(14)15(12)22/h7-9,17H,5H2,1-4H3,(H,18,21). The molecule has 0 spiro atoms. The lowest BCUT2D eigenvalue weighted by Gasteiger charge is -2.17. The van der Waals surface area contributed by atoms with Crippen molar-refractivity contribution in [3.05, 3.63) is 33.4 Å². The van der Waals surface area contributed by atoms with Crippen molar-refractivity contribution >= 4 is 11.6 Å². The van der Waals surface area contributed by atoms with Gasteiger partial charge in [0, 0.05) is 23.5 Å². The molecule has 0 radical (unpaired) electrons. The molecule has 0 saturated heterocycles. The Bertz CT molecular complexity index is 810. The SMILES string of the molecule is Cc1nc2c(C#N)c[nH]n2c(=O)c1CC(=O)NC(C)C(C)C. The van der Waals surface area contributed by atoms with E-state index in [4.69, 9.17) is 5.26 Å². The van der Waals surface area contributed by atoms with E-state index in [2.05, 4.69) is 15.4 Å². The number of fused-ring (bicyclic) bond motifs is 1. The largest absolute Gasteiger partial charge is 0.353 e. The number of amides is 1. The minimum absolute atomic E-state index is 0.0292. The Balaban J connectivity index is 2.35. The van der Waals surface area contributed by atoms with Crippen molar-refractivity contribution in [2.75, 3.05) is 0 Å². The number of carbonyl (C=O) groups is 1. The van der Waals surface area contributed by atoms with Gasteiger partial charge in [-0.05, 0) is 19.8 Å². The third-order valence-corrected chi connectivity index (χ3v) is 3.81. The Hall–Kier alpha value is -2.62. The lowest BCUT2D eigenvalue weighted by Crippen LogP contribution is -2.38. The minimum Gasteiger partial charge on any atom is -0.353 e. The number of hydrogen-bond donors (Lipinski definition) is 2. The van der Waals surface area contributed by atoms with Crippen molar-refractivity contribution in [1.29, 1.82) is 5.26 Å². The summed E-state index contributed by atoms with van der Waals surface area (Å²) in [7, 11) is 0. The maximum atomic E-state index is 12.4. The Morgan fingerprint density at radius 1 is 1.50 bits per heavy atom. The van der Waals surface area contributed by atoms with Gasteiger partial charge in [0.25, 0.3) is 5.56 Å². The summed E-state index contributed by atoms with van der Waals surface area (Å²) in [5, 5.41) is 14.5. The van der Waals surface area contributed by atoms with Gasteiger partial charge in [-0.3, -0.25) is 14.7 Å². The first-order valence-corrected chi connectivity index (χ1v) is 7.14. The molecular formula is C15H19N5O2. The molecule has 2 N–H and O–H groups in total. The van der Waals surface area contributed by atoms with Gasteiger partial charge in [0.2, 0.25) is 5.91 Å². The van der Waals surface area contributed by atoms with E-state index in [0.717, 1.165) is 0 Å². The molecule has 0 saturated carbocycles. The van der Waals surface area contributed by atoms with E-state index in [0.29, 0.717) is 22.7 Å². The predicted molar refractivity (Wildman–Crippen MR) is 81.4 cm³/mol. The first-order chi connectivity index (χ1) is 10.3. The van der Waals surface area contributed by atoms with Gasteiger partial charge in [0.05, 0.1) is 6.42 Å². The molecule has 0 aliphatic rings. The molecule has 2 rings (SSSR count). The summed E-state index contributed by atoms with van der Waals surface area (Å²) in [4.78, 5) is 28.8. The van der Waals surface area contributed by atoms with Crippen LogP contribution in [0.4, 0.5) is 0 Å². The zero-order valence-corrected chi connectivity index (χ0v) is 13.1. The second-order valence-electron chi connectivity index (χ2n) is 5.72. The molecule has 0 aliphatic carbocycles. The smallest absolute Gasteiger partial charge is 0.276 e. The molecule has 2 aromatic rings. The van der Waals surface area contributed by atoms with E-state index in [1.54, 1.807) is 6.92 Å². The van der Waals surface area contributed by atoms with E-state index in [1.165, 1.54) is 10.7 Å². The second kappa shape index (κ2) is 6.02. The molecule has 2 heterocycles. The van der Waals surface area contributed by atoms with Crippen LogP contribution in [0.5, 0.6) is 0 Å². The van der Waals surface area contributed by atoms with Crippen LogP contribution in [0.2, 0.25) is 0 Å². The van der Waals surface area contributed by atoms with Crippen molar-refractivity contribution in [3.8, 4) is 6.07 Å². The van der Waals surface area contributed by atoms with Crippen molar-refractivity contribution in [1.82, 2.24) is 19.9 Å². The van der Waals surface area contributed by atoms with E-state index in [9.17, 15) is 9.59 Å². The maximum Gasteiger partial charge on any atom is 0.276 e. The number of nitrogens with zero attached hydrogens (tertiary/aromatic N) is 3. The van der Waals surface area contributed by atoms with Crippen LogP contribution in [0.25, 0.3) is 5.65 Å². The molecule has 0 aliphatic heterocycles. The number of nitrogens with one attached hydrogen (secondary N) is 2. The molecule has 1 atom stereocenters. The number of carbonyl (C=O) groups excluding carboxylic acids is 1. The van der Waals surface area contributed by atoms with Gasteiger partial charge in [-0.2, -0.15) is 5.26 Å². The maximum absolute atomic E-state index is 12.4. The third kappa shape index (κ3) is 2.86. The van der Waals surface area contributed by atoms with Crippen LogP contribution in [0, 0.1) is 24.2 Å². The average Bonchev–Trinajstić information content (AvgIpc) is 2.86. The van der Waals surface area contributed by atoms with Crippen molar-refractivity contribution in [2.24, 2.45) is 5.92 Å². The van der Waals surface area contributed by atoms with Crippen LogP contribution in [0.3, 0.4) is 0 Å². The van der Waals surface area contributed by atoms with Gasteiger partial charge in [-0.25, -0.2) is 9.50 Å². The monoisotopic (exact) mass is 301 g/mol. The summed E-state index contributed by atoms with van der Waals surface area (Å²) in [6, 6.07) is 2.00. The van der Waals surface area contributed by atoms with Crippen LogP contribution < -0.4 is 10.9 Å². The number of hydrogen-bond acceptors (Lipinski definition) is 4. The minimum atomic E-state index is -0.351. The van der Waals surface area contributed by atoms with Crippen molar-refractivity contribution in [3.63, 3.8) is 0 Å². The third-order valence-electron chi connectivity index (χ3n) is 3.81. The molecule has 116 valence electrons. The van der Waals surface area contributed by atoms with Crippen LogP contribution in [-0.2, 0) is 11.2 Å². The fourth-order valence-electron chi connectivity index (χ4n) is 2.07. The van der Waals surface area contributed by atoms with Crippen molar-refractivity contribution < 1.29 is 4.79 Å². The van der Waals surface area contributed by atoms with Gasteiger partial charge >= 0.3 is 0 Å². The highest BCUT2D eigenvalue weighted by molar-refractivity contribution is 5.79. The summed E-state index contributed by atoms with van der Waals surface area (Å²) >= 11 is 0. The van der Waals surface area contributed by atoms with Gasteiger partial charge in [-0.1, -0.05) is 13.8 Å². The molecule has 1 unspecified atom stereocenters. The highest BCUT2D eigenvalue weighted by Gasteiger charge is 2.18. The van der Waals surface area contributed by atoms with Crippen LogP contribution in [-0.4, -0.2) is 26.5 Å². The Labute approximate surface area is 128 Å². The Morgan fingerprint density at radius 3 is 2.77 bits per heavy atom. The van der Waals surface area contributed by atoms with Crippen LogP contribution in [0.15, 0.2) is 11.0 Å². The Morgan fingerprint density at radius 2 is 2.18 bits per heavy atom. The molecule has 22 heavy (non-hydrogen) atoms. The van der Waals surface area contributed by atoms with E-state index in [-0.39, 0.29) is 29.6 Å². The summed E-state index contributed by atoms with van der Waals surface area (Å²) in [6.45, 7) is 7.63. The molecule has 7 heteroatoms. The normalized spacial score (nSPS) is 12.4. The van der Waals surface area contributed by atoms with Crippen LogP contribution >= 0.6 is 0 Å². The molecule has 7 nitrogen and oxygen atoms in total. The number of aromatic nitrogens is 3. The van der Waals surface area contributed by atoms with Gasteiger partial charge in [0.1, 0.15) is 11.6 Å². The lowest BCUT2D eigenvalue weighted by molar-refractivity contribution is -0.121. The first-order valence-electron chi connectivity index (χ1n) is 7.14. The highest BCUT2D eigenvalue weighted by atomic mass is 16.2. The Kier molecular flexibility index (Phi) is 4.31. The van der Waals surface area contributed by atoms with Crippen LogP contribution in [0.1, 0.15) is 37.6 Å². The topological polar surface area (TPSA) is 103 Å². The average molecular weight is 301 g/mol. The van der Waals surface area contributed by atoms with E-state index >= 15 is 0 Å². The lowest BCUT2D eigenvalue weighted by atomic mass is 10.1. The number of aromatic amines is 1. The summed E-state index contributed by atoms with van der Waals surface area (Å²) in [6.07, 6.45) is 1.40. The second-order valence-corrected chi connectivity index (χ2v) is 5.72. The molecule has 2 aromatic heterocycles. The molecule has 0 bridgehead atoms. The number of rotatable bonds is 4. The van der Waals surface area contributed by atoms with E-state index < -0.39 is 0 Å². The van der Waals surface area contributed by atoms with Gasteiger partial charge in [-0.15, -0.1) is 0 Å². The fourth-order valence-corrected chi connectivity index (χ4v) is 2.07. The van der Waals surface area contributed by atoms with E-state index in [1.807, 2.05) is 26.8 Å². The molecular weight excluding hydrogens is 282 g/mol. The molecule has 0 fully saturated rings. The first kappa shape index (κ1) is 15.8. The number of aryl methyl sites for hydroxylation is 1. The van der Waals surface area contributed by atoms with Gasteiger partial charge < -0.3 is 5.32 Å². The quantitative estimate of drug-likeness (QED) is 0.875. The summed E-state index contributed by atoms with van der Waals surface area (Å²) in [5.41, 5.74) is 1.02. The zero-order valence-electron chi connectivity index (χ0n) is 13.1. The zero-order chi connectivity index (χ0) is 16.4. The van der Waals surface area contributed by atoms with Gasteiger partial charge in [0.15, 0.2) is 5.65 Å². The molecule has 1 amide bonds. The molecule has 0 aromatic carbocycles. The van der Waals surface area contributed by atoms with Crippen molar-refractivity contribution in [2.45, 2.75) is 40.2 Å². The summed E-state index contributed by atoms with van der Waals surface area (Å²) < 4.78 is 1.19. The highest BCUT2D eigenvalue weighted by Crippen LogP contribution is 2.09. The number of nitriles is 1. The predicted octanol–water partition coefficient (Wildman–Crippen LogP) is 0.906. The number of H-pyrrole nitrogens is 1.